The Morgan fingerprint density at radius 1 is 0.600 bits per heavy atom. The molecular formula is AlLiMgO9Si3. The van der Waals surface area contributed by atoms with Gasteiger partial charge in [-0.1, -0.05) is 0 Å². The Morgan fingerprint density at radius 3 is 0.600 bits per heavy atom. The van der Waals surface area contributed by atoms with Crippen molar-refractivity contribution in [2.75, 3.05) is 0 Å². The third-order valence-corrected chi connectivity index (χ3v) is 0. The zero-order valence-corrected chi connectivity index (χ0v) is 13.0. The average Bonchev–Trinajstić information content (AvgIpc) is 1.54. The first-order valence-electron chi connectivity index (χ1n) is 1.84. The molecule has 0 aliphatic heterocycles. The van der Waals surface area contributed by atoms with Gasteiger partial charge in [-0.05, 0) is 0 Å². The molecule has 0 N–H and O–H groups in total. The molecular weight excluding hydrogens is 286 g/mol. The van der Waals surface area contributed by atoms with Crippen molar-refractivity contribution < 1.29 is 61.0 Å². The first kappa shape index (κ1) is 36.0. The second-order valence-corrected chi connectivity index (χ2v) is 2.25. The van der Waals surface area contributed by atoms with Crippen LogP contribution in [0.5, 0.6) is 0 Å². The molecule has 0 saturated heterocycles. The van der Waals surface area contributed by atoms with E-state index in [-0.39, 0.29) is 59.3 Å². The molecule has 9 nitrogen and oxygen atoms in total. The molecule has 0 bridgehead atoms. The van der Waals surface area contributed by atoms with E-state index in [4.69, 9.17) is 42.2 Å². The van der Waals surface area contributed by atoms with Gasteiger partial charge < -0.3 is 42.2 Å². The zero-order chi connectivity index (χ0) is 10.7. The van der Waals surface area contributed by atoms with Crippen molar-refractivity contribution in [3.63, 3.8) is 0 Å². The molecule has 0 aromatic heterocycles. The molecule has 72 valence electrons. The smallest absolute Gasteiger partial charge is 0.672 e. The fourth-order valence-corrected chi connectivity index (χ4v) is 0. The Hall–Kier alpha value is 0.747. The summed E-state index contributed by atoms with van der Waals surface area (Å²) in [7, 11) is -10.9. The van der Waals surface area contributed by atoms with Crippen LogP contribution in [-0.2, 0) is 13.4 Å². The quantitative estimate of drug-likeness (QED) is 0.389. The maximum absolute atomic E-state index is 8.52. The van der Waals surface area contributed by atoms with E-state index in [1.807, 2.05) is 0 Å². The summed E-state index contributed by atoms with van der Waals surface area (Å²) < 4.78 is 25.6. The van der Waals surface area contributed by atoms with Crippen molar-refractivity contribution in [2.24, 2.45) is 0 Å². The van der Waals surface area contributed by atoms with Gasteiger partial charge in [-0.15, -0.1) is 0 Å². The first-order chi connectivity index (χ1) is 5.20. The van der Waals surface area contributed by atoms with Gasteiger partial charge in [0.05, 0.1) is 0 Å². The molecule has 0 saturated carbocycles. The maximum atomic E-state index is 8.52. The van der Waals surface area contributed by atoms with Gasteiger partial charge in [0.2, 0.25) is 0 Å². The SMILES string of the molecule is O=[Si]([O-])[O-].O=[Si]([O-])[O-].O=[Si]([O-])[O-].[Al+3].[Li+].[Mg+2]. The van der Waals surface area contributed by atoms with Gasteiger partial charge in [-0.3, -0.25) is 0 Å². The molecule has 0 spiro atoms. The Morgan fingerprint density at radius 2 is 0.600 bits per heavy atom. The van der Waals surface area contributed by atoms with Gasteiger partial charge in [0.25, 0.3) is 0 Å². The van der Waals surface area contributed by atoms with Crippen molar-refractivity contribution in [1.82, 2.24) is 0 Å². The van der Waals surface area contributed by atoms with Gasteiger partial charge in [0.15, 0.2) is 0 Å². The molecule has 0 amide bonds. The summed E-state index contributed by atoms with van der Waals surface area (Å²) in [5.41, 5.74) is 0. The van der Waals surface area contributed by atoms with Crippen LogP contribution in [0, 0.1) is 0 Å². The second kappa shape index (κ2) is 29.3. The Kier molecular flexibility index (Phi) is 70.5. The van der Waals surface area contributed by atoms with E-state index in [0.29, 0.717) is 0 Å². The molecule has 0 heterocycles. The van der Waals surface area contributed by atoms with E-state index in [9.17, 15) is 0 Å². The van der Waals surface area contributed by atoms with Crippen LogP contribution in [0.4, 0.5) is 0 Å². The minimum absolute atomic E-state index is 0. The predicted molar refractivity (Wildman–Crippen MR) is 30.8 cm³/mol. The summed E-state index contributed by atoms with van der Waals surface area (Å²) in [5.74, 6) is 0. The van der Waals surface area contributed by atoms with Gasteiger partial charge >= 0.3 is 59.3 Å². The van der Waals surface area contributed by atoms with Crippen LogP contribution in [0.3, 0.4) is 0 Å². The minimum Gasteiger partial charge on any atom is -0.672 e. The van der Waals surface area contributed by atoms with E-state index < -0.39 is 27.5 Å². The molecule has 0 radical (unpaired) electrons. The Balaban J connectivity index is -0.0000000184. The zero-order valence-electron chi connectivity index (χ0n) is 7.46. The molecule has 15 heavy (non-hydrogen) atoms. The molecule has 0 aromatic carbocycles. The van der Waals surface area contributed by atoms with Crippen molar-refractivity contribution in [1.29, 1.82) is 0 Å². The molecule has 0 aliphatic rings. The normalized spacial score (nSPS) is 4.80. The van der Waals surface area contributed by atoms with E-state index in [0.717, 1.165) is 0 Å². The van der Waals surface area contributed by atoms with Crippen LogP contribution in [0.25, 0.3) is 0 Å². The molecule has 0 atom stereocenters. The molecule has 0 aromatic rings. The molecule has 15 heteroatoms. The summed E-state index contributed by atoms with van der Waals surface area (Å²) in [4.78, 5) is 51.1. The summed E-state index contributed by atoms with van der Waals surface area (Å²) in [5, 5.41) is 0. The monoisotopic (exact) mass is 286 g/mol. The number of rotatable bonds is 0. The van der Waals surface area contributed by atoms with E-state index in [1.54, 1.807) is 0 Å². The fraction of sp³-hybridized carbons (Fsp3) is 0. The molecule has 0 rings (SSSR count). The van der Waals surface area contributed by atoms with Crippen molar-refractivity contribution in [2.45, 2.75) is 0 Å². The van der Waals surface area contributed by atoms with Gasteiger partial charge in [0.1, 0.15) is 0 Å². The summed E-state index contributed by atoms with van der Waals surface area (Å²) in [6.07, 6.45) is 0. The maximum Gasteiger partial charge on any atom is 3.00 e. The van der Waals surface area contributed by atoms with Crippen LogP contribution < -0.4 is 47.6 Å². The first-order valence-corrected chi connectivity index (χ1v) is 5.51. The van der Waals surface area contributed by atoms with Crippen molar-refractivity contribution in [3.05, 3.63) is 0 Å². The third-order valence-electron chi connectivity index (χ3n) is 0. The van der Waals surface area contributed by atoms with Crippen LogP contribution in [-0.4, -0.2) is 67.9 Å². The Bertz CT molecular complexity index is 123. The Labute approximate surface area is 128 Å². The van der Waals surface area contributed by atoms with E-state index in [1.165, 1.54) is 0 Å². The summed E-state index contributed by atoms with van der Waals surface area (Å²) >= 11 is 0. The minimum atomic E-state index is -3.63. The summed E-state index contributed by atoms with van der Waals surface area (Å²) in [6, 6.07) is 0. The van der Waals surface area contributed by atoms with E-state index >= 15 is 0 Å². The average molecular weight is 286 g/mol. The van der Waals surface area contributed by atoms with Gasteiger partial charge in [-0.2, -0.15) is 0 Å². The summed E-state index contributed by atoms with van der Waals surface area (Å²) in [6.45, 7) is 0. The number of hydrogen-bond donors (Lipinski definition) is 0. The molecule has 0 aliphatic carbocycles. The van der Waals surface area contributed by atoms with Gasteiger partial charge in [0, 0.05) is 27.5 Å². The van der Waals surface area contributed by atoms with Crippen LogP contribution in [0.1, 0.15) is 0 Å². The second-order valence-electron chi connectivity index (χ2n) is 0.750. The predicted octanol–water partition coefficient (Wildman–Crippen LogP) is -12.4. The van der Waals surface area contributed by atoms with Crippen molar-refractivity contribution >= 4 is 67.9 Å². The van der Waals surface area contributed by atoms with Crippen LogP contribution in [0.2, 0.25) is 0 Å². The largest absolute Gasteiger partial charge is 3.00 e. The van der Waals surface area contributed by atoms with Crippen molar-refractivity contribution in [3.8, 4) is 0 Å². The van der Waals surface area contributed by atoms with Gasteiger partial charge in [-0.25, -0.2) is 0 Å². The topological polar surface area (TPSA) is 190 Å². The number of hydrogen-bond acceptors (Lipinski definition) is 9. The molecule has 0 fully saturated rings. The fourth-order valence-electron chi connectivity index (χ4n) is 0. The van der Waals surface area contributed by atoms with E-state index in [2.05, 4.69) is 0 Å². The third kappa shape index (κ3) is 4300. The standard InChI is InChI=1S/Al.Li.Mg.3O3Si/c;;;3*1-4(2)3/q+3;+1;+2;3*-2. The van der Waals surface area contributed by atoms with Crippen LogP contribution >= 0.6 is 0 Å². The molecule has 0 unspecified atom stereocenters. The van der Waals surface area contributed by atoms with Crippen LogP contribution in [0.15, 0.2) is 0 Å².